The van der Waals surface area contributed by atoms with Gasteiger partial charge in [0, 0.05) is 18.0 Å². The molecule has 1 saturated carbocycles. The van der Waals surface area contributed by atoms with Crippen molar-refractivity contribution in [2.24, 2.45) is 5.92 Å². The van der Waals surface area contributed by atoms with Crippen molar-refractivity contribution in [1.29, 1.82) is 0 Å². The molecule has 0 spiro atoms. The van der Waals surface area contributed by atoms with E-state index in [0.29, 0.717) is 18.7 Å². The third-order valence-corrected chi connectivity index (χ3v) is 6.39. The monoisotopic (exact) mass is 383 g/mol. The van der Waals surface area contributed by atoms with Crippen molar-refractivity contribution in [3.8, 4) is 5.75 Å². The Bertz CT molecular complexity index is 870. The Morgan fingerprint density at radius 2 is 1.89 bits per heavy atom. The van der Waals surface area contributed by atoms with Gasteiger partial charge in [0.25, 0.3) is 5.91 Å². The highest BCUT2D eigenvalue weighted by molar-refractivity contribution is 5.95. The molecule has 1 aliphatic carbocycles. The van der Waals surface area contributed by atoms with Crippen LogP contribution in [0.2, 0.25) is 0 Å². The van der Waals surface area contributed by atoms with Crippen LogP contribution in [-0.4, -0.2) is 35.2 Å². The van der Waals surface area contributed by atoms with Gasteiger partial charge in [-0.3, -0.25) is 4.79 Å². The number of carbonyl (C=O) groups excluding carboxylic acids is 1. The Balaban J connectivity index is 1.80. The fourth-order valence-corrected chi connectivity index (χ4v) is 4.99. The molecule has 2 fully saturated rings. The summed E-state index contributed by atoms with van der Waals surface area (Å²) in [7, 11) is 1.61. The lowest BCUT2D eigenvalue weighted by atomic mass is 9.66. The zero-order valence-corrected chi connectivity index (χ0v) is 16.1. The molecule has 0 radical (unpaired) electrons. The third kappa shape index (κ3) is 3.18. The SMILES string of the molecule is COc1ccccc1[C@H]1[C@@H]2CCCC[C@]2(O)CCN1C(=O)c1ccccc1F. The lowest BCUT2D eigenvalue weighted by Crippen LogP contribution is -2.56. The van der Waals surface area contributed by atoms with E-state index in [1.54, 1.807) is 24.1 Å². The molecule has 0 bridgehead atoms. The van der Waals surface area contributed by atoms with Crippen molar-refractivity contribution in [2.75, 3.05) is 13.7 Å². The molecule has 2 aliphatic rings. The standard InChI is InChI=1S/C23H26FNO3/c1-28-20-12-5-3-9-17(20)21-18-10-6-7-13-23(18,27)14-15-25(21)22(26)16-8-2-4-11-19(16)24/h2-5,8-9,11-12,18,21,27H,6-7,10,13-15H2,1H3/t18-,21-,23-/m0/s1. The maximum atomic E-state index is 14.4. The molecule has 1 N–H and O–H groups in total. The summed E-state index contributed by atoms with van der Waals surface area (Å²) in [5.41, 5.74) is 0.152. The highest BCUT2D eigenvalue weighted by atomic mass is 19.1. The van der Waals surface area contributed by atoms with Crippen LogP contribution in [0.1, 0.15) is 54.1 Å². The summed E-state index contributed by atoms with van der Waals surface area (Å²) in [5, 5.41) is 11.4. The van der Waals surface area contributed by atoms with Gasteiger partial charge in [0.2, 0.25) is 0 Å². The predicted molar refractivity (Wildman–Crippen MR) is 105 cm³/mol. The zero-order chi connectivity index (χ0) is 19.7. The number of halogens is 1. The number of likely N-dealkylation sites (tertiary alicyclic amines) is 1. The van der Waals surface area contributed by atoms with Crippen molar-refractivity contribution in [1.82, 2.24) is 4.90 Å². The number of hydrogen-bond acceptors (Lipinski definition) is 3. The number of benzene rings is 2. The first kappa shape index (κ1) is 18.9. The summed E-state index contributed by atoms with van der Waals surface area (Å²) in [5.74, 6) is -0.256. The van der Waals surface area contributed by atoms with Crippen LogP contribution in [0.5, 0.6) is 5.75 Å². The van der Waals surface area contributed by atoms with Crippen LogP contribution < -0.4 is 4.74 Å². The van der Waals surface area contributed by atoms with Crippen LogP contribution in [0.25, 0.3) is 0 Å². The van der Waals surface area contributed by atoms with Gasteiger partial charge in [0.05, 0.1) is 24.3 Å². The summed E-state index contributed by atoms with van der Waals surface area (Å²) in [6.07, 6.45) is 4.10. The highest BCUT2D eigenvalue weighted by Gasteiger charge is 2.51. The number of methoxy groups -OCH3 is 1. The molecule has 2 aromatic carbocycles. The largest absolute Gasteiger partial charge is 0.496 e. The predicted octanol–water partition coefficient (Wildman–Crippen LogP) is 4.34. The Morgan fingerprint density at radius 1 is 1.14 bits per heavy atom. The Labute approximate surface area is 164 Å². The molecule has 148 valence electrons. The number of para-hydroxylation sites is 1. The van der Waals surface area contributed by atoms with Crippen molar-refractivity contribution in [3.05, 3.63) is 65.5 Å². The summed E-state index contributed by atoms with van der Waals surface area (Å²) >= 11 is 0. The fraction of sp³-hybridized carbons (Fsp3) is 0.435. The number of hydrogen-bond donors (Lipinski definition) is 1. The van der Waals surface area contributed by atoms with Gasteiger partial charge in [-0.25, -0.2) is 4.39 Å². The fourth-order valence-electron chi connectivity index (χ4n) is 4.99. The second-order valence-electron chi connectivity index (χ2n) is 7.87. The first-order valence-corrected chi connectivity index (χ1v) is 9.96. The Hall–Kier alpha value is -2.40. The van der Waals surface area contributed by atoms with Crippen molar-refractivity contribution in [2.45, 2.75) is 43.7 Å². The molecular formula is C23H26FNO3. The molecule has 1 amide bonds. The van der Waals surface area contributed by atoms with Gasteiger partial charge in [-0.05, 0) is 37.5 Å². The van der Waals surface area contributed by atoms with Gasteiger partial charge in [0.15, 0.2) is 0 Å². The number of fused-ring (bicyclic) bond motifs is 1. The number of aliphatic hydroxyl groups is 1. The van der Waals surface area contributed by atoms with Crippen LogP contribution in [0, 0.1) is 11.7 Å². The number of ether oxygens (including phenoxy) is 1. The molecule has 1 heterocycles. The van der Waals surface area contributed by atoms with Crippen LogP contribution in [0.4, 0.5) is 4.39 Å². The summed E-state index contributed by atoms with van der Waals surface area (Å²) < 4.78 is 19.9. The molecule has 0 unspecified atom stereocenters. The van der Waals surface area contributed by atoms with E-state index in [4.69, 9.17) is 4.74 Å². The smallest absolute Gasteiger partial charge is 0.257 e. The molecule has 1 aliphatic heterocycles. The van der Waals surface area contributed by atoms with Gasteiger partial charge >= 0.3 is 0 Å². The average molecular weight is 383 g/mol. The third-order valence-electron chi connectivity index (χ3n) is 6.39. The van der Waals surface area contributed by atoms with Crippen LogP contribution in [-0.2, 0) is 0 Å². The highest BCUT2D eigenvalue weighted by Crippen LogP contribution is 2.51. The van der Waals surface area contributed by atoms with Crippen LogP contribution in [0.3, 0.4) is 0 Å². The quantitative estimate of drug-likeness (QED) is 0.858. The van der Waals surface area contributed by atoms with Crippen molar-refractivity contribution < 1.29 is 19.0 Å². The molecule has 1 saturated heterocycles. The number of rotatable bonds is 3. The van der Waals surface area contributed by atoms with E-state index < -0.39 is 11.4 Å². The summed E-state index contributed by atoms with van der Waals surface area (Å²) in [6.45, 7) is 0.392. The minimum absolute atomic E-state index is 0.0728. The van der Waals surface area contributed by atoms with Gasteiger partial charge < -0.3 is 14.7 Å². The first-order chi connectivity index (χ1) is 13.5. The van der Waals surface area contributed by atoms with E-state index in [0.717, 1.165) is 31.2 Å². The second kappa shape index (κ2) is 7.55. The summed E-state index contributed by atoms with van der Waals surface area (Å²) in [6, 6.07) is 13.4. The van der Waals surface area contributed by atoms with E-state index in [1.807, 2.05) is 24.3 Å². The minimum Gasteiger partial charge on any atom is -0.496 e. The lowest BCUT2D eigenvalue weighted by molar-refractivity contribution is -0.115. The van der Waals surface area contributed by atoms with Crippen LogP contribution in [0.15, 0.2) is 48.5 Å². The lowest BCUT2D eigenvalue weighted by Gasteiger charge is -2.52. The molecule has 4 nitrogen and oxygen atoms in total. The van der Waals surface area contributed by atoms with E-state index in [-0.39, 0.29) is 23.4 Å². The molecule has 0 aromatic heterocycles. The summed E-state index contributed by atoms with van der Waals surface area (Å²) in [4.78, 5) is 15.1. The molecule has 2 aromatic rings. The Morgan fingerprint density at radius 3 is 2.68 bits per heavy atom. The minimum atomic E-state index is -0.796. The number of nitrogens with zero attached hydrogens (tertiary/aromatic N) is 1. The van der Waals surface area contributed by atoms with Crippen molar-refractivity contribution in [3.63, 3.8) is 0 Å². The molecule has 5 heteroatoms. The number of amides is 1. The molecule has 28 heavy (non-hydrogen) atoms. The van der Waals surface area contributed by atoms with Crippen molar-refractivity contribution >= 4 is 5.91 Å². The zero-order valence-electron chi connectivity index (χ0n) is 16.1. The van der Waals surface area contributed by atoms with E-state index >= 15 is 0 Å². The van der Waals surface area contributed by atoms with Gasteiger partial charge in [-0.2, -0.15) is 0 Å². The molecular weight excluding hydrogens is 357 g/mol. The van der Waals surface area contributed by atoms with Gasteiger partial charge in [-0.1, -0.05) is 43.2 Å². The maximum Gasteiger partial charge on any atom is 0.257 e. The number of piperidine rings is 1. The van der Waals surface area contributed by atoms with Gasteiger partial charge in [0.1, 0.15) is 11.6 Å². The van der Waals surface area contributed by atoms with Crippen LogP contribution >= 0.6 is 0 Å². The number of carbonyl (C=O) groups is 1. The van der Waals surface area contributed by atoms with E-state index in [2.05, 4.69) is 0 Å². The topological polar surface area (TPSA) is 49.8 Å². The van der Waals surface area contributed by atoms with E-state index in [1.165, 1.54) is 12.1 Å². The normalized spacial score (nSPS) is 27.2. The molecule has 3 atom stereocenters. The first-order valence-electron chi connectivity index (χ1n) is 9.96. The Kier molecular flexibility index (Phi) is 5.11. The van der Waals surface area contributed by atoms with Gasteiger partial charge in [-0.15, -0.1) is 0 Å². The second-order valence-corrected chi connectivity index (χ2v) is 7.87. The maximum absolute atomic E-state index is 14.4. The average Bonchev–Trinajstić information content (AvgIpc) is 2.72. The molecule has 4 rings (SSSR count). The van der Waals surface area contributed by atoms with E-state index in [9.17, 15) is 14.3 Å².